The predicted octanol–water partition coefficient (Wildman–Crippen LogP) is 4.08. The molecule has 0 heterocycles. The molecule has 2 aromatic rings. The second-order valence-electron chi connectivity index (χ2n) is 6.50. The molecule has 3 nitrogen and oxygen atoms in total. The Morgan fingerprint density at radius 1 is 1.04 bits per heavy atom. The first-order valence-electron chi connectivity index (χ1n) is 8.18. The van der Waals surface area contributed by atoms with Crippen molar-refractivity contribution in [3.8, 4) is 0 Å². The van der Waals surface area contributed by atoms with Gasteiger partial charge in [0.05, 0.1) is 11.7 Å². The number of rotatable bonds is 5. The fraction of sp³-hybridized carbons (Fsp3) is 0.350. The Hall–Kier alpha value is -2.13. The number of aliphatic hydroxyl groups is 1. The van der Waals surface area contributed by atoms with E-state index in [1.807, 2.05) is 42.5 Å². The summed E-state index contributed by atoms with van der Waals surface area (Å²) in [5.41, 5.74) is 2.51. The third-order valence-electron chi connectivity index (χ3n) is 4.89. The van der Waals surface area contributed by atoms with E-state index >= 15 is 0 Å². The van der Waals surface area contributed by atoms with E-state index in [1.165, 1.54) is 5.56 Å². The number of hydrogen-bond donors (Lipinski definition) is 2. The fourth-order valence-corrected chi connectivity index (χ4v) is 3.62. The third-order valence-corrected chi connectivity index (χ3v) is 4.89. The first kappa shape index (κ1) is 15.8. The van der Waals surface area contributed by atoms with Crippen molar-refractivity contribution in [3.63, 3.8) is 0 Å². The van der Waals surface area contributed by atoms with Gasteiger partial charge < -0.3 is 10.2 Å². The molecule has 23 heavy (non-hydrogen) atoms. The largest absolute Gasteiger partial charge is 0.478 e. The van der Waals surface area contributed by atoms with Gasteiger partial charge in [-0.2, -0.15) is 0 Å². The minimum Gasteiger partial charge on any atom is -0.478 e. The second-order valence-corrected chi connectivity index (χ2v) is 6.50. The van der Waals surface area contributed by atoms with Crippen molar-refractivity contribution in [1.82, 2.24) is 0 Å². The molecule has 1 saturated carbocycles. The van der Waals surface area contributed by atoms with E-state index in [-0.39, 0.29) is 6.10 Å². The fourth-order valence-electron chi connectivity index (χ4n) is 3.62. The van der Waals surface area contributed by atoms with Crippen molar-refractivity contribution < 1.29 is 15.0 Å². The number of aromatic carboxylic acids is 1. The predicted molar refractivity (Wildman–Crippen MR) is 89.3 cm³/mol. The molecule has 3 heteroatoms. The zero-order chi connectivity index (χ0) is 16.2. The zero-order valence-electron chi connectivity index (χ0n) is 13.1. The minimum atomic E-state index is -0.886. The molecule has 0 spiro atoms. The molecule has 1 aliphatic rings. The number of carboxylic acid groups (broad SMARTS) is 1. The minimum absolute atomic E-state index is 0.320. The Morgan fingerprint density at radius 2 is 1.74 bits per heavy atom. The summed E-state index contributed by atoms with van der Waals surface area (Å²) < 4.78 is 0. The van der Waals surface area contributed by atoms with Gasteiger partial charge in [0.1, 0.15) is 0 Å². The Morgan fingerprint density at radius 3 is 2.39 bits per heavy atom. The topological polar surface area (TPSA) is 57.5 Å². The highest BCUT2D eigenvalue weighted by molar-refractivity contribution is 5.87. The second kappa shape index (κ2) is 6.97. The molecule has 1 fully saturated rings. The highest BCUT2D eigenvalue weighted by Gasteiger charge is 2.30. The van der Waals surface area contributed by atoms with Gasteiger partial charge in [0, 0.05) is 0 Å². The maximum absolute atomic E-state index is 10.9. The van der Waals surface area contributed by atoms with E-state index < -0.39 is 5.97 Å². The van der Waals surface area contributed by atoms with E-state index in [2.05, 4.69) is 0 Å². The molecule has 3 rings (SSSR count). The Balaban J connectivity index is 1.58. The molecule has 0 amide bonds. The van der Waals surface area contributed by atoms with Crippen LogP contribution in [0.25, 0.3) is 0 Å². The molecule has 0 unspecified atom stereocenters. The molecule has 0 saturated heterocycles. The Bertz CT molecular complexity index is 648. The molecule has 0 aromatic heterocycles. The third kappa shape index (κ3) is 3.80. The van der Waals surface area contributed by atoms with Gasteiger partial charge >= 0.3 is 5.97 Å². The molecular weight excluding hydrogens is 288 g/mol. The van der Waals surface area contributed by atoms with Crippen LogP contribution in [0.5, 0.6) is 0 Å². The number of benzene rings is 2. The van der Waals surface area contributed by atoms with Gasteiger partial charge in [-0.25, -0.2) is 4.79 Å². The van der Waals surface area contributed by atoms with Crippen molar-refractivity contribution in [2.45, 2.75) is 31.8 Å². The maximum atomic E-state index is 10.9. The maximum Gasteiger partial charge on any atom is 0.335 e. The molecule has 0 radical (unpaired) electrons. The molecule has 2 aromatic carbocycles. The highest BCUT2D eigenvalue weighted by Crippen LogP contribution is 2.40. The summed E-state index contributed by atoms with van der Waals surface area (Å²) in [4.78, 5) is 10.9. The van der Waals surface area contributed by atoms with Gasteiger partial charge in [-0.3, -0.25) is 0 Å². The SMILES string of the molecule is O=C(O)c1ccc(C[C@@H]2CC[C@H]([C@H](O)c3ccccc3)C2)cc1. The van der Waals surface area contributed by atoms with Crippen LogP contribution in [0.1, 0.15) is 46.9 Å². The highest BCUT2D eigenvalue weighted by atomic mass is 16.4. The summed E-state index contributed by atoms with van der Waals surface area (Å²) >= 11 is 0. The van der Waals surface area contributed by atoms with Gasteiger partial charge in [-0.15, -0.1) is 0 Å². The van der Waals surface area contributed by atoms with Crippen LogP contribution in [0.2, 0.25) is 0 Å². The van der Waals surface area contributed by atoms with Gasteiger partial charge in [0.2, 0.25) is 0 Å². The monoisotopic (exact) mass is 310 g/mol. The number of aliphatic hydroxyl groups excluding tert-OH is 1. The van der Waals surface area contributed by atoms with Crippen LogP contribution in [-0.2, 0) is 6.42 Å². The van der Waals surface area contributed by atoms with Crippen molar-refractivity contribution in [1.29, 1.82) is 0 Å². The average molecular weight is 310 g/mol. The lowest BCUT2D eigenvalue weighted by Crippen LogP contribution is -2.10. The van der Waals surface area contributed by atoms with Crippen LogP contribution in [0.4, 0.5) is 0 Å². The summed E-state index contributed by atoms with van der Waals surface area (Å²) in [6, 6.07) is 17.0. The van der Waals surface area contributed by atoms with E-state index in [1.54, 1.807) is 12.1 Å². The molecule has 3 atom stereocenters. The van der Waals surface area contributed by atoms with E-state index in [9.17, 15) is 9.90 Å². The van der Waals surface area contributed by atoms with Gasteiger partial charge in [-0.05, 0) is 60.8 Å². The van der Waals surface area contributed by atoms with E-state index in [0.717, 1.165) is 31.2 Å². The Labute approximate surface area is 136 Å². The first-order chi connectivity index (χ1) is 11.1. The van der Waals surface area contributed by atoms with Crippen molar-refractivity contribution in [2.75, 3.05) is 0 Å². The summed E-state index contributed by atoms with van der Waals surface area (Å²) in [5.74, 6) is -0.00167. The van der Waals surface area contributed by atoms with Crippen LogP contribution >= 0.6 is 0 Å². The van der Waals surface area contributed by atoms with E-state index in [4.69, 9.17) is 5.11 Å². The quantitative estimate of drug-likeness (QED) is 0.875. The van der Waals surface area contributed by atoms with Crippen LogP contribution in [0.15, 0.2) is 54.6 Å². The lowest BCUT2D eigenvalue weighted by molar-refractivity contribution is 0.0697. The van der Waals surface area contributed by atoms with E-state index in [0.29, 0.717) is 17.4 Å². The number of carboxylic acids is 1. The van der Waals surface area contributed by atoms with Crippen LogP contribution in [0, 0.1) is 11.8 Å². The molecular formula is C20H22O3. The molecule has 120 valence electrons. The number of carbonyl (C=O) groups is 1. The first-order valence-corrected chi connectivity index (χ1v) is 8.18. The number of hydrogen-bond acceptors (Lipinski definition) is 2. The van der Waals surface area contributed by atoms with Crippen molar-refractivity contribution in [2.24, 2.45) is 11.8 Å². The lowest BCUT2D eigenvalue weighted by Gasteiger charge is -2.18. The van der Waals surface area contributed by atoms with Crippen LogP contribution < -0.4 is 0 Å². The normalized spacial score (nSPS) is 22.0. The molecule has 2 N–H and O–H groups in total. The standard InChI is InChI=1S/C20H22O3/c21-19(16-4-2-1-3-5-16)18-11-8-15(13-18)12-14-6-9-17(10-7-14)20(22)23/h1-7,9-10,15,18-19,21H,8,11-13H2,(H,22,23)/t15-,18-,19+/m0/s1. The van der Waals surface area contributed by atoms with Crippen molar-refractivity contribution in [3.05, 3.63) is 71.3 Å². The van der Waals surface area contributed by atoms with Gasteiger partial charge in [0.15, 0.2) is 0 Å². The Kier molecular flexibility index (Phi) is 4.77. The molecule has 0 bridgehead atoms. The lowest BCUT2D eigenvalue weighted by atomic mass is 9.91. The van der Waals surface area contributed by atoms with Crippen LogP contribution in [0.3, 0.4) is 0 Å². The summed E-state index contributed by atoms with van der Waals surface area (Å²) in [6.45, 7) is 0. The summed E-state index contributed by atoms with van der Waals surface area (Å²) in [6.07, 6.45) is 3.77. The van der Waals surface area contributed by atoms with Gasteiger partial charge in [-0.1, -0.05) is 42.5 Å². The van der Waals surface area contributed by atoms with Gasteiger partial charge in [0.25, 0.3) is 0 Å². The van der Waals surface area contributed by atoms with Crippen molar-refractivity contribution >= 4 is 5.97 Å². The smallest absolute Gasteiger partial charge is 0.335 e. The molecule has 0 aliphatic heterocycles. The van der Waals surface area contributed by atoms with Crippen LogP contribution in [-0.4, -0.2) is 16.2 Å². The summed E-state index contributed by atoms with van der Waals surface area (Å²) in [5, 5.41) is 19.5. The molecule has 1 aliphatic carbocycles. The summed E-state index contributed by atoms with van der Waals surface area (Å²) in [7, 11) is 0. The average Bonchev–Trinajstić information content (AvgIpc) is 3.04. The zero-order valence-corrected chi connectivity index (χ0v) is 13.1.